The number of ether oxygens (including phenoxy) is 1. The molecule has 1 aliphatic rings. The number of rotatable bonds is 7. The number of carbonyl (C=O) groups excluding carboxylic acids is 2. The fourth-order valence-corrected chi connectivity index (χ4v) is 4.38. The van der Waals surface area contributed by atoms with E-state index in [1.54, 1.807) is 30.5 Å². The molecule has 0 bridgehead atoms. The minimum atomic E-state index is -2.34. The zero-order valence-electron chi connectivity index (χ0n) is 17.4. The molecule has 0 radical (unpaired) electrons. The molecule has 2 aromatic heterocycles. The minimum absolute atomic E-state index is 0.125. The number of nitrogens with zero attached hydrogens (tertiary/aromatic N) is 4. The molecule has 11 heteroatoms. The van der Waals surface area contributed by atoms with Gasteiger partial charge in [0.2, 0.25) is 5.91 Å². The SMILES string of the molecule is O=C(NC1CCOCC1)C(c1cncnc1)N(C(=O)C(F)Cl)c1ccc(-c2nccs2)cc1. The van der Waals surface area contributed by atoms with E-state index in [-0.39, 0.29) is 6.04 Å². The number of amides is 2. The number of alkyl halides is 2. The molecule has 0 aliphatic carbocycles. The van der Waals surface area contributed by atoms with E-state index in [4.69, 9.17) is 16.3 Å². The summed E-state index contributed by atoms with van der Waals surface area (Å²) < 4.78 is 19.5. The van der Waals surface area contributed by atoms with Crippen molar-refractivity contribution in [2.45, 2.75) is 30.6 Å². The van der Waals surface area contributed by atoms with Crippen molar-refractivity contribution in [3.63, 3.8) is 0 Å². The van der Waals surface area contributed by atoms with Gasteiger partial charge in [-0.3, -0.25) is 14.5 Å². The second-order valence-corrected chi connectivity index (χ2v) is 8.64. The van der Waals surface area contributed by atoms with E-state index < -0.39 is 23.5 Å². The van der Waals surface area contributed by atoms with Crippen molar-refractivity contribution < 1.29 is 18.7 Å². The van der Waals surface area contributed by atoms with Crippen LogP contribution in [0.5, 0.6) is 0 Å². The summed E-state index contributed by atoms with van der Waals surface area (Å²) in [7, 11) is 0. The standard InChI is InChI=1S/C22H21ClFN5O3S/c23-19(24)22(31)29(17-3-1-14(2-4-17)21-27-7-10-33-21)18(15-11-25-13-26-12-15)20(30)28-16-5-8-32-9-6-16/h1-4,7,10-13,16,18-19H,5-6,8-9H2,(H,28,30). The van der Waals surface area contributed by atoms with Crippen molar-refractivity contribution in [3.05, 3.63) is 60.1 Å². The van der Waals surface area contributed by atoms with Gasteiger partial charge in [0.25, 0.3) is 11.5 Å². The Morgan fingerprint density at radius 1 is 1.18 bits per heavy atom. The lowest BCUT2D eigenvalue weighted by Gasteiger charge is -2.33. The van der Waals surface area contributed by atoms with Gasteiger partial charge in [-0.2, -0.15) is 0 Å². The summed E-state index contributed by atoms with van der Waals surface area (Å²) in [6, 6.07) is 5.43. The number of carbonyl (C=O) groups is 2. The Balaban J connectivity index is 1.72. The molecule has 3 aromatic rings. The van der Waals surface area contributed by atoms with Crippen molar-refractivity contribution in [1.29, 1.82) is 0 Å². The van der Waals surface area contributed by atoms with Gasteiger partial charge in [0.1, 0.15) is 17.4 Å². The number of anilines is 1. The summed E-state index contributed by atoms with van der Waals surface area (Å²) in [6.45, 7) is 1.05. The Morgan fingerprint density at radius 2 is 1.88 bits per heavy atom. The highest BCUT2D eigenvalue weighted by Gasteiger charge is 2.37. The first-order valence-corrected chi connectivity index (χ1v) is 11.6. The lowest BCUT2D eigenvalue weighted by atomic mass is 10.0. The fraction of sp³-hybridized carbons (Fsp3) is 0.318. The van der Waals surface area contributed by atoms with Gasteiger partial charge in [-0.1, -0.05) is 11.6 Å². The Bertz CT molecular complexity index is 1060. The van der Waals surface area contributed by atoms with E-state index >= 15 is 0 Å². The minimum Gasteiger partial charge on any atom is -0.381 e. The number of halogens is 2. The molecule has 2 unspecified atom stereocenters. The highest BCUT2D eigenvalue weighted by molar-refractivity contribution is 7.13. The second-order valence-electron chi connectivity index (χ2n) is 7.36. The van der Waals surface area contributed by atoms with Gasteiger partial charge < -0.3 is 10.1 Å². The number of hydrogen-bond acceptors (Lipinski definition) is 7. The summed E-state index contributed by atoms with van der Waals surface area (Å²) in [5.74, 6) is -1.54. The van der Waals surface area contributed by atoms with Crippen LogP contribution in [0.1, 0.15) is 24.4 Å². The molecule has 33 heavy (non-hydrogen) atoms. The van der Waals surface area contributed by atoms with Gasteiger partial charge in [0.15, 0.2) is 0 Å². The van der Waals surface area contributed by atoms with Gasteiger partial charge in [-0.05, 0) is 37.1 Å². The first kappa shape index (κ1) is 23.2. The predicted molar refractivity (Wildman–Crippen MR) is 123 cm³/mol. The van der Waals surface area contributed by atoms with Gasteiger partial charge in [-0.15, -0.1) is 11.3 Å². The highest BCUT2D eigenvalue weighted by atomic mass is 35.5. The van der Waals surface area contributed by atoms with Crippen LogP contribution in [0.25, 0.3) is 10.6 Å². The molecule has 1 fully saturated rings. The third kappa shape index (κ3) is 5.52. The molecule has 1 saturated heterocycles. The van der Waals surface area contributed by atoms with Crippen LogP contribution in [0.2, 0.25) is 0 Å². The van der Waals surface area contributed by atoms with Crippen LogP contribution in [-0.4, -0.2) is 51.7 Å². The fourth-order valence-electron chi connectivity index (χ4n) is 3.63. The summed E-state index contributed by atoms with van der Waals surface area (Å²) in [5, 5.41) is 5.60. The van der Waals surface area contributed by atoms with Crippen molar-refractivity contribution in [2.24, 2.45) is 0 Å². The van der Waals surface area contributed by atoms with Crippen LogP contribution in [0.4, 0.5) is 10.1 Å². The van der Waals surface area contributed by atoms with E-state index in [0.29, 0.717) is 37.3 Å². The molecule has 1 aromatic carbocycles. The molecule has 4 rings (SSSR count). The zero-order chi connectivity index (χ0) is 23.2. The maximum atomic E-state index is 14.1. The third-order valence-electron chi connectivity index (χ3n) is 5.22. The number of nitrogens with one attached hydrogen (secondary N) is 1. The van der Waals surface area contributed by atoms with Gasteiger partial charge in [0, 0.05) is 60.0 Å². The Kier molecular flexibility index (Phi) is 7.58. The first-order chi connectivity index (χ1) is 16.0. The number of hydrogen-bond donors (Lipinski definition) is 1. The largest absolute Gasteiger partial charge is 0.381 e. The molecule has 0 saturated carbocycles. The Morgan fingerprint density at radius 3 is 2.48 bits per heavy atom. The summed E-state index contributed by atoms with van der Waals surface area (Å²) in [6.07, 6.45) is 7.13. The van der Waals surface area contributed by atoms with Crippen LogP contribution in [0.15, 0.2) is 54.6 Å². The monoisotopic (exact) mass is 489 g/mol. The van der Waals surface area contributed by atoms with E-state index in [1.807, 2.05) is 5.38 Å². The van der Waals surface area contributed by atoms with Crippen LogP contribution < -0.4 is 10.2 Å². The van der Waals surface area contributed by atoms with Crippen molar-refractivity contribution in [2.75, 3.05) is 18.1 Å². The quantitative estimate of drug-likeness (QED) is 0.510. The molecule has 2 amide bonds. The topological polar surface area (TPSA) is 97.3 Å². The summed E-state index contributed by atoms with van der Waals surface area (Å²) >= 11 is 7.03. The zero-order valence-corrected chi connectivity index (χ0v) is 19.0. The maximum Gasteiger partial charge on any atom is 0.278 e. The molecule has 0 spiro atoms. The third-order valence-corrected chi connectivity index (χ3v) is 6.23. The van der Waals surface area contributed by atoms with Crippen LogP contribution in [0, 0.1) is 0 Å². The molecule has 3 heterocycles. The molecule has 172 valence electrons. The number of benzene rings is 1. The summed E-state index contributed by atoms with van der Waals surface area (Å²) in [5.41, 5.74) is -0.877. The number of thiazole rings is 1. The first-order valence-electron chi connectivity index (χ1n) is 10.3. The van der Waals surface area contributed by atoms with E-state index in [2.05, 4.69) is 20.3 Å². The van der Waals surface area contributed by atoms with E-state index in [0.717, 1.165) is 15.5 Å². The maximum absolute atomic E-state index is 14.1. The average Bonchev–Trinajstić information content (AvgIpc) is 3.38. The van der Waals surface area contributed by atoms with Crippen LogP contribution in [0.3, 0.4) is 0 Å². The average molecular weight is 490 g/mol. The second kappa shape index (κ2) is 10.8. The van der Waals surface area contributed by atoms with Gasteiger partial charge >= 0.3 is 0 Å². The van der Waals surface area contributed by atoms with Crippen LogP contribution >= 0.6 is 22.9 Å². The Hall–Kier alpha value is -2.95. The van der Waals surface area contributed by atoms with Crippen molar-refractivity contribution >= 4 is 40.4 Å². The van der Waals surface area contributed by atoms with E-state index in [1.165, 1.54) is 30.1 Å². The summed E-state index contributed by atoms with van der Waals surface area (Å²) in [4.78, 5) is 39.6. The molecular formula is C22H21ClFN5O3S. The molecule has 1 N–H and O–H groups in total. The number of aromatic nitrogens is 3. The lowest BCUT2D eigenvalue weighted by Crippen LogP contribution is -2.49. The highest BCUT2D eigenvalue weighted by Crippen LogP contribution is 2.32. The van der Waals surface area contributed by atoms with Crippen molar-refractivity contribution in [1.82, 2.24) is 20.3 Å². The van der Waals surface area contributed by atoms with E-state index in [9.17, 15) is 14.0 Å². The molecule has 2 atom stereocenters. The normalized spacial score (nSPS) is 16.1. The predicted octanol–water partition coefficient (Wildman–Crippen LogP) is 3.50. The van der Waals surface area contributed by atoms with Crippen LogP contribution in [-0.2, 0) is 14.3 Å². The molecular weight excluding hydrogens is 469 g/mol. The molecule has 8 nitrogen and oxygen atoms in total. The van der Waals surface area contributed by atoms with Gasteiger partial charge in [0.05, 0.1) is 0 Å². The Labute approximate surface area is 198 Å². The van der Waals surface area contributed by atoms with Crippen molar-refractivity contribution in [3.8, 4) is 10.6 Å². The lowest BCUT2D eigenvalue weighted by molar-refractivity contribution is -0.128. The smallest absolute Gasteiger partial charge is 0.278 e. The molecule has 1 aliphatic heterocycles. The van der Waals surface area contributed by atoms with Gasteiger partial charge in [-0.25, -0.2) is 19.3 Å².